The van der Waals surface area contributed by atoms with E-state index in [4.69, 9.17) is 32.4 Å². The molecule has 188 valence electrons. The summed E-state index contributed by atoms with van der Waals surface area (Å²) >= 11 is 12.4. The van der Waals surface area contributed by atoms with E-state index in [0.29, 0.717) is 32.3 Å². The van der Waals surface area contributed by atoms with E-state index in [2.05, 4.69) is 0 Å². The molecule has 1 atom stereocenters. The number of ketones is 1. The van der Waals surface area contributed by atoms with Crippen LogP contribution in [-0.2, 0) is 4.79 Å². The molecule has 1 aromatic heterocycles. The molecule has 37 heavy (non-hydrogen) atoms. The largest absolute Gasteiger partial charge is 0.504 e. The number of furan rings is 1. The summed E-state index contributed by atoms with van der Waals surface area (Å²) in [6.45, 7) is 3.87. The Labute approximate surface area is 222 Å². The van der Waals surface area contributed by atoms with Gasteiger partial charge in [-0.05, 0) is 73.5 Å². The molecule has 0 saturated carbocycles. The first-order valence-corrected chi connectivity index (χ1v) is 12.2. The number of aryl methyl sites for hydroxylation is 1. The number of carbonyl (C=O) groups is 2. The van der Waals surface area contributed by atoms with Gasteiger partial charge in [0.2, 0.25) is 5.78 Å². The number of anilines is 1. The number of hydrogen-bond acceptors (Lipinski definition) is 6. The van der Waals surface area contributed by atoms with Gasteiger partial charge in [0.25, 0.3) is 5.91 Å². The van der Waals surface area contributed by atoms with Crippen molar-refractivity contribution in [2.75, 3.05) is 11.5 Å². The lowest BCUT2D eigenvalue weighted by molar-refractivity contribution is -0.117. The number of benzene rings is 3. The van der Waals surface area contributed by atoms with Gasteiger partial charge in [-0.3, -0.25) is 14.5 Å². The van der Waals surface area contributed by atoms with Gasteiger partial charge in [0.15, 0.2) is 23.0 Å². The minimum absolute atomic E-state index is 0.0655. The Morgan fingerprint density at radius 2 is 1.84 bits per heavy atom. The quantitative estimate of drug-likeness (QED) is 0.258. The fourth-order valence-electron chi connectivity index (χ4n) is 4.38. The Morgan fingerprint density at radius 1 is 1.05 bits per heavy atom. The second kappa shape index (κ2) is 9.50. The fraction of sp³-hybridized carbons (Fsp3) is 0.143. The Bertz CT molecular complexity index is 1610. The second-order valence-corrected chi connectivity index (χ2v) is 9.40. The molecular formula is C28H21Cl2NO6. The van der Waals surface area contributed by atoms with Crippen LogP contribution in [0.2, 0.25) is 10.0 Å². The van der Waals surface area contributed by atoms with Gasteiger partial charge in [-0.15, -0.1) is 0 Å². The average molecular weight is 538 g/mol. The van der Waals surface area contributed by atoms with Gasteiger partial charge in [0.05, 0.1) is 18.2 Å². The molecular weight excluding hydrogens is 517 g/mol. The molecule has 0 saturated heterocycles. The lowest BCUT2D eigenvalue weighted by atomic mass is 9.94. The normalized spacial score (nSPS) is 15.6. The zero-order valence-electron chi connectivity index (χ0n) is 19.8. The lowest BCUT2D eigenvalue weighted by Gasteiger charge is -2.27. The predicted molar refractivity (Wildman–Crippen MR) is 141 cm³/mol. The summed E-state index contributed by atoms with van der Waals surface area (Å²) in [6, 6.07) is 14.9. The van der Waals surface area contributed by atoms with E-state index >= 15 is 0 Å². The number of fused-ring (bicyclic) bond motifs is 1. The maximum atomic E-state index is 13.8. The van der Waals surface area contributed by atoms with E-state index in [9.17, 15) is 19.8 Å². The van der Waals surface area contributed by atoms with Gasteiger partial charge < -0.3 is 19.4 Å². The van der Waals surface area contributed by atoms with Crippen LogP contribution in [0.4, 0.5) is 5.69 Å². The van der Waals surface area contributed by atoms with Crippen molar-refractivity contribution in [1.29, 1.82) is 0 Å². The first kappa shape index (κ1) is 24.7. The van der Waals surface area contributed by atoms with E-state index in [0.717, 1.165) is 5.56 Å². The van der Waals surface area contributed by atoms with Gasteiger partial charge in [0, 0.05) is 21.1 Å². The van der Waals surface area contributed by atoms with Crippen molar-refractivity contribution in [1.82, 2.24) is 0 Å². The molecule has 3 aromatic carbocycles. The summed E-state index contributed by atoms with van der Waals surface area (Å²) in [6.07, 6.45) is 0. The molecule has 5 rings (SSSR count). The van der Waals surface area contributed by atoms with Gasteiger partial charge in [-0.25, -0.2) is 0 Å². The fourth-order valence-corrected chi connectivity index (χ4v) is 4.74. The molecule has 1 aliphatic heterocycles. The number of aromatic hydroxyl groups is 1. The third-order valence-electron chi connectivity index (χ3n) is 6.19. The number of rotatable bonds is 6. The Kier molecular flexibility index (Phi) is 6.35. The minimum Gasteiger partial charge on any atom is -0.504 e. The van der Waals surface area contributed by atoms with Crippen LogP contribution >= 0.6 is 23.2 Å². The van der Waals surface area contributed by atoms with Crippen molar-refractivity contribution >= 4 is 51.5 Å². The Hall–Kier alpha value is -3.94. The number of Topliss-reactive ketones (excluding diaryl/α,β-unsaturated/α-hetero) is 1. The van der Waals surface area contributed by atoms with Crippen molar-refractivity contribution in [3.05, 3.63) is 98.9 Å². The maximum absolute atomic E-state index is 13.8. The summed E-state index contributed by atoms with van der Waals surface area (Å²) in [5.74, 6) is -2.16. The average Bonchev–Trinajstić information content (AvgIpc) is 3.40. The number of nitrogens with zero attached hydrogens (tertiary/aromatic N) is 1. The minimum atomic E-state index is -1.06. The van der Waals surface area contributed by atoms with Crippen LogP contribution in [0.3, 0.4) is 0 Å². The third kappa shape index (κ3) is 4.30. The van der Waals surface area contributed by atoms with Crippen LogP contribution in [0.1, 0.15) is 34.6 Å². The molecule has 0 bridgehead atoms. The van der Waals surface area contributed by atoms with Crippen LogP contribution in [0.5, 0.6) is 11.5 Å². The van der Waals surface area contributed by atoms with E-state index in [1.54, 1.807) is 49.4 Å². The summed E-state index contributed by atoms with van der Waals surface area (Å²) in [4.78, 5) is 28.5. The van der Waals surface area contributed by atoms with Gasteiger partial charge in [0.1, 0.15) is 5.58 Å². The van der Waals surface area contributed by atoms with Crippen molar-refractivity contribution in [2.24, 2.45) is 0 Å². The number of aliphatic hydroxyl groups excluding tert-OH is 1. The summed E-state index contributed by atoms with van der Waals surface area (Å²) in [5, 5.41) is 22.7. The highest BCUT2D eigenvalue weighted by atomic mass is 35.5. The smallest absolute Gasteiger partial charge is 0.294 e. The molecule has 2 N–H and O–H groups in total. The van der Waals surface area contributed by atoms with E-state index in [-0.39, 0.29) is 29.4 Å². The summed E-state index contributed by atoms with van der Waals surface area (Å²) in [7, 11) is 0. The monoisotopic (exact) mass is 537 g/mol. The molecule has 1 unspecified atom stereocenters. The van der Waals surface area contributed by atoms with Crippen molar-refractivity contribution < 1.29 is 29.0 Å². The molecule has 0 aliphatic carbocycles. The third-order valence-corrected chi connectivity index (χ3v) is 6.83. The van der Waals surface area contributed by atoms with Crippen molar-refractivity contribution in [2.45, 2.75) is 19.9 Å². The molecule has 4 aromatic rings. The molecule has 1 amide bonds. The zero-order chi connectivity index (χ0) is 26.4. The number of hydrogen-bond donors (Lipinski definition) is 2. The van der Waals surface area contributed by atoms with Crippen LogP contribution in [0.25, 0.3) is 11.0 Å². The zero-order valence-corrected chi connectivity index (χ0v) is 21.3. The summed E-state index contributed by atoms with van der Waals surface area (Å²) < 4.78 is 11.3. The number of carbonyl (C=O) groups excluding carboxylic acids is 2. The van der Waals surface area contributed by atoms with Crippen LogP contribution in [0, 0.1) is 6.92 Å². The molecule has 0 spiro atoms. The van der Waals surface area contributed by atoms with Crippen LogP contribution in [-0.4, -0.2) is 28.5 Å². The van der Waals surface area contributed by atoms with Gasteiger partial charge in [-0.2, -0.15) is 0 Å². The van der Waals surface area contributed by atoms with E-state index in [1.165, 1.54) is 23.1 Å². The highest BCUT2D eigenvalue weighted by Gasteiger charge is 2.45. The molecule has 0 fully saturated rings. The van der Waals surface area contributed by atoms with Gasteiger partial charge in [-0.1, -0.05) is 35.3 Å². The summed E-state index contributed by atoms with van der Waals surface area (Å²) in [5.41, 5.74) is 1.85. The number of amides is 1. The first-order chi connectivity index (χ1) is 17.7. The molecule has 0 radical (unpaired) electrons. The standard InChI is InChI=1S/C28H21Cl2NO6/c1-3-36-22-11-15(5-8-20(22)32)25-24(26(33)23-12-16-10-17(29)6-9-21(16)37-23)27(34)28(35)31(25)18-7-4-14(2)19(30)13-18/h4-13,25,32,34H,3H2,1-2H3. The second-order valence-electron chi connectivity index (χ2n) is 8.56. The number of halogens is 2. The molecule has 9 heteroatoms. The highest BCUT2D eigenvalue weighted by molar-refractivity contribution is 6.32. The predicted octanol–water partition coefficient (Wildman–Crippen LogP) is 6.94. The van der Waals surface area contributed by atoms with Crippen molar-refractivity contribution in [3.8, 4) is 11.5 Å². The Balaban J connectivity index is 1.68. The lowest BCUT2D eigenvalue weighted by Crippen LogP contribution is -2.31. The van der Waals surface area contributed by atoms with Crippen LogP contribution < -0.4 is 9.64 Å². The molecule has 2 heterocycles. The highest BCUT2D eigenvalue weighted by Crippen LogP contribution is 2.44. The Morgan fingerprint density at radius 3 is 2.57 bits per heavy atom. The van der Waals surface area contributed by atoms with E-state index < -0.39 is 23.5 Å². The molecule has 1 aliphatic rings. The van der Waals surface area contributed by atoms with Crippen molar-refractivity contribution in [3.63, 3.8) is 0 Å². The van der Waals surface area contributed by atoms with Crippen LogP contribution in [0.15, 0.2) is 76.4 Å². The molecule has 7 nitrogen and oxygen atoms in total. The maximum Gasteiger partial charge on any atom is 0.294 e. The number of phenolic OH excluding ortho intramolecular Hbond substituents is 1. The first-order valence-electron chi connectivity index (χ1n) is 11.4. The number of phenols is 1. The SMILES string of the molecule is CCOc1cc(C2C(C(=O)c3cc4cc(Cl)ccc4o3)=C(O)C(=O)N2c2ccc(C)c(Cl)c2)ccc1O. The number of ether oxygens (including phenoxy) is 1. The number of aliphatic hydroxyl groups is 1. The van der Waals surface area contributed by atoms with Gasteiger partial charge >= 0.3 is 0 Å². The van der Waals surface area contributed by atoms with E-state index in [1.807, 2.05) is 6.92 Å². The topological polar surface area (TPSA) is 100 Å².